The molecule has 1 amide bonds. The number of amides is 1. The van der Waals surface area contributed by atoms with Gasteiger partial charge in [-0.1, -0.05) is 31.2 Å². The van der Waals surface area contributed by atoms with Gasteiger partial charge in [-0.2, -0.15) is 0 Å². The van der Waals surface area contributed by atoms with E-state index in [1.54, 1.807) is 26.4 Å². The minimum atomic E-state index is -0.436. The van der Waals surface area contributed by atoms with Gasteiger partial charge in [-0.25, -0.2) is 4.79 Å². The molecule has 0 spiro atoms. The number of hydrogen-bond acceptors (Lipinski definition) is 4. The van der Waals surface area contributed by atoms with E-state index in [9.17, 15) is 4.79 Å². The molecule has 5 heteroatoms. The molecule has 0 unspecified atom stereocenters. The van der Waals surface area contributed by atoms with Crippen LogP contribution in [0.5, 0.6) is 17.2 Å². The summed E-state index contributed by atoms with van der Waals surface area (Å²) < 4.78 is 15.7. The van der Waals surface area contributed by atoms with Crippen molar-refractivity contribution >= 4 is 18.2 Å². The Hall–Kier alpha value is -2.95. The van der Waals surface area contributed by atoms with Crippen LogP contribution in [0.25, 0.3) is 12.2 Å². The van der Waals surface area contributed by atoms with E-state index in [0.717, 1.165) is 29.0 Å². The molecular weight excluding hydrogens is 318 g/mol. The zero-order valence-corrected chi connectivity index (χ0v) is 14.7. The number of hydrogen-bond donors (Lipinski definition) is 1. The molecule has 0 aromatic heterocycles. The first-order valence-corrected chi connectivity index (χ1v) is 8.11. The van der Waals surface area contributed by atoms with E-state index < -0.39 is 6.09 Å². The monoisotopic (exact) mass is 341 g/mol. The second kappa shape index (κ2) is 9.37. The summed E-state index contributed by atoms with van der Waals surface area (Å²) in [5, 5.41) is 2.66. The normalized spacial score (nSPS) is 10.5. The zero-order valence-electron chi connectivity index (χ0n) is 14.7. The maximum atomic E-state index is 11.5. The number of nitrogens with one attached hydrogen (secondary N) is 1. The number of methoxy groups -OCH3 is 2. The van der Waals surface area contributed by atoms with Gasteiger partial charge in [0.25, 0.3) is 0 Å². The molecule has 132 valence electrons. The van der Waals surface area contributed by atoms with Crippen molar-refractivity contribution in [1.82, 2.24) is 5.32 Å². The standard InChI is InChI=1S/C20H23NO4/c1-4-11-21-20(22)25-17-9-7-15(8-10-17)5-6-16-12-18(23-2)14-19(13-16)24-3/h5-10,12-14H,4,11H2,1-3H3,(H,21,22). The van der Waals surface area contributed by atoms with Crippen LogP contribution in [0.1, 0.15) is 24.5 Å². The summed E-state index contributed by atoms with van der Waals surface area (Å²) in [4.78, 5) is 11.5. The molecule has 0 saturated carbocycles. The minimum absolute atomic E-state index is 0.436. The van der Waals surface area contributed by atoms with E-state index in [2.05, 4.69) is 5.32 Å². The highest BCUT2D eigenvalue weighted by atomic mass is 16.6. The van der Waals surface area contributed by atoms with Crippen LogP contribution in [-0.2, 0) is 0 Å². The molecule has 5 nitrogen and oxygen atoms in total. The van der Waals surface area contributed by atoms with Crippen LogP contribution >= 0.6 is 0 Å². The van der Waals surface area contributed by atoms with Crippen LogP contribution in [0.15, 0.2) is 42.5 Å². The molecule has 0 bridgehead atoms. The van der Waals surface area contributed by atoms with Crippen LogP contribution in [0.3, 0.4) is 0 Å². The van der Waals surface area contributed by atoms with Gasteiger partial charge in [0.1, 0.15) is 17.2 Å². The van der Waals surface area contributed by atoms with Crippen molar-refractivity contribution in [2.75, 3.05) is 20.8 Å². The van der Waals surface area contributed by atoms with Crippen LogP contribution in [0, 0.1) is 0 Å². The van der Waals surface area contributed by atoms with Crippen LogP contribution < -0.4 is 19.5 Å². The molecule has 0 heterocycles. The van der Waals surface area contributed by atoms with Gasteiger partial charge in [0.2, 0.25) is 0 Å². The second-order valence-electron chi connectivity index (χ2n) is 5.36. The van der Waals surface area contributed by atoms with Gasteiger partial charge < -0.3 is 19.5 Å². The second-order valence-corrected chi connectivity index (χ2v) is 5.36. The zero-order chi connectivity index (χ0) is 18.1. The highest BCUT2D eigenvalue weighted by Crippen LogP contribution is 2.24. The Morgan fingerprint density at radius 3 is 2.08 bits per heavy atom. The highest BCUT2D eigenvalue weighted by molar-refractivity contribution is 5.72. The Kier molecular flexibility index (Phi) is 6.89. The van der Waals surface area contributed by atoms with Crippen LogP contribution in [0.2, 0.25) is 0 Å². The summed E-state index contributed by atoms with van der Waals surface area (Å²) in [6.45, 7) is 2.59. The van der Waals surface area contributed by atoms with Gasteiger partial charge in [-0.05, 0) is 41.8 Å². The highest BCUT2D eigenvalue weighted by Gasteiger charge is 2.03. The fraction of sp³-hybridized carbons (Fsp3) is 0.250. The summed E-state index contributed by atoms with van der Waals surface area (Å²) in [7, 11) is 3.25. The summed E-state index contributed by atoms with van der Waals surface area (Å²) in [6.07, 6.45) is 4.37. The first-order chi connectivity index (χ1) is 12.1. The molecule has 0 atom stereocenters. The number of carbonyl (C=O) groups excluding carboxylic acids is 1. The largest absolute Gasteiger partial charge is 0.497 e. The summed E-state index contributed by atoms with van der Waals surface area (Å²) in [5.74, 6) is 1.98. The summed E-state index contributed by atoms with van der Waals surface area (Å²) in [5.41, 5.74) is 1.96. The van der Waals surface area contributed by atoms with Crippen molar-refractivity contribution in [1.29, 1.82) is 0 Å². The topological polar surface area (TPSA) is 56.8 Å². The van der Waals surface area contributed by atoms with Crippen molar-refractivity contribution < 1.29 is 19.0 Å². The first-order valence-electron chi connectivity index (χ1n) is 8.11. The van der Waals surface area contributed by atoms with E-state index in [1.165, 1.54) is 0 Å². The maximum absolute atomic E-state index is 11.5. The van der Waals surface area contributed by atoms with Crippen molar-refractivity contribution in [3.63, 3.8) is 0 Å². The fourth-order valence-corrected chi connectivity index (χ4v) is 2.14. The quantitative estimate of drug-likeness (QED) is 0.760. The Bertz CT molecular complexity index is 701. The molecule has 0 aliphatic heterocycles. The number of carbonyl (C=O) groups is 1. The van der Waals surface area contributed by atoms with Gasteiger partial charge in [0.15, 0.2) is 0 Å². The molecule has 0 aliphatic carbocycles. The molecule has 0 radical (unpaired) electrons. The van der Waals surface area contributed by atoms with E-state index in [0.29, 0.717) is 12.3 Å². The van der Waals surface area contributed by atoms with Gasteiger partial charge >= 0.3 is 6.09 Å². The van der Waals surface area contributed by atoms with Crippen molar-refractivity contribution in [2.45, 2.75) is 13.3 Å². The Morgan fingerprint density at radius 1 is 0.920 bits per heavy atom. The lowest BCUT2D eigenvalue weighted by Gasteiger charge is -2.06. The third-order valence-electron chi connectivity index (χ3n) is 3.45. The molecule has 0 saturated heterocycles. The SMILES string of the molecule is CCCNC(=O)Oc1ccc(C=Cc2cc(OC)cc(OC)c2)cc1. The molecule has 25 heavy (non-hydrogen) atoms. The molecule has 2 rings (SSSR count). The number of ether oxygens (including phenoxy) is 3. The van der Waals surface area contributed by atoms with Gasteiger partial charge in [-0.15, -0.1) is 0 Å². The molecule has 1 N–H and O–H groups in total. The number of benzene rings is 2. The molecule has 0 fully saturated rings. The Morgan fingerprint density at radius 2 is 1.52 bits per heavy atom. The van der Waals surface area contributed by atoms with E-state index >= 15 is 0 Å². The average molecular weight is 341 g/mol. The lowest BCUT2D eigenvalue weighted by Crippen LogP contribution is -2.27. The predicted molar refractivity (Wildman–Crippen MR) is 99.2 cm³/mol. The smallest absolute Gasteiger partial charge is 0.412 e. The molecule has 2 aromatic rings. The van der Waals surface area contributed by atoms with Crippen LogP contribution in [0.4, 0.5) is 4.79 Å². The van der Waals surface area contributed by atoms with Crippen molar-refractivity contribution in [3.8, 4) is 17.2 Å². The third kappa shape index (κ3) is 5.88. The molecular formula is C20H23NO4. The summed E-state index contributed by atoms with van der Waals surface area (Å²) >= 11 is 0. The predicted octanol–water partition coefficient (Wildman–Crippen LogP) is 4.37. The van der Waals surface area contributed by atoms with Crippen LogP contribution in [-0.4, -0.2) is 26.9 Å². The van der Waals surface area contributed by atoms with E-state index in [-0.39, 0.29) is 0 Å². The van der Waals surface area contributed by atoms with Gasteiger partial charge in [0, 0.05) is 12.6 Å². The average Bonchev–Trinajstić information content (AvgIpc) is 2.65. The third-order valence-corrected chi connectivity index (χ3v) is 3.45. The Labute approximate surface area is 148 Å². The minimum Gasteiger partial charge on any atom is -0.497 e. The first kappa shape index (κ1) is 18.4. The Balaban J connectivity index is 2.03. The van der Waals surface area contributed by atoms with E-state index in [4.69, 9.17) is 14.2 Å². The molecule has 2 aromatic carbocycles. The van der Waals surface area contributed by atoms with Crippen molar-refractivity contribution in [3.05, 3.63) is 53.6 Å². The maximum Gasteiger partial charge on any atom is 0.412 e. The van der Waals surface area contributed by atoms with Gasteiger partial charge in [-0.3, -0.25) is 0 Å². The summed E-state index contributed by atoms with van der Waals surface area (Å²) in [6, 6.07) is 13.0. The van der Waals surface area contributed by atoms with E-state index in [1.807, 2.05) is 49.4 Å². The lowest BCUT2D eigenvalue weighted by molar-refractivity contribution is 0.200. The molecule has 0 aliphatic rings. The fourth-order valence-electron chi connectivity index (χ4n) is 2.14. The van der Waals surface area contributed by atoms with Crippen molar-refractivity contribution in [2.24, 2.45) is 0 Å². The van der Waals surface area contributed by atoms with Gasteiger partial charge in [0.05, 0.1) is 14.2 Å². The number of rotatable bonds is 7. The lowest BCUT2D eigenvalue weighted by atomic mass is 10.1.